The molecule has 0 rings (SSSR count). The Morgan fingerprint density at radius 1 is 1.33 bits per heavy atom. The van der Waals surface area contributed by atoms with Gasteiger partial charge in [0.2, 0.25) is 0 Å². The molecule has 0 saturated carbocycles. The lowest BCUT2D eigenvalue weighted by molar-refractivity contribution is 0.892. The van der Waals surface area contributed by atoms with E-state index in [1.165, 1.54) is 6.42 Å². The van der Waals surface area contributed by atoms with E-state index in [2.05, 4.69) is 20.0 Å². The van der Waals surface area contributed by atoms with Crippen molar-refractivity contribution in [3.8, 4) is 0 Å². The predicted molar refractivity (Wildman–Crippen MR) is 50.4 cm³/mol. The molecule has 0 heterocycles. The molecular formula is C6H16Cl2Si. The third-order valence-electron chi connectivity index (χ3n) is 0.487. The molecule has 0 saturated heterocycles. The average Bonchev–Trinajstić information content (AvgIpc) is 1.66. The van der Waals surface area contributed by atoms with Crippen molar-refractivity contribution in [2.24, 2.45) is 0 Å². The SMILES string of the molecule is CCCCCl.C[SiH](C)Cl. The van der Waals surface area contributed by atoms with Crippen molar-refractivity contribution in [1.29, 1.82) is 0 Å². The van der Waals surface area contributed by atoms with Gasteiger partial charge in [-0.05, 0) is 6.42 Å². The zero-order valence-electron chi connectivity index (χ0n) is 6.45. The van der Waals surface area contributed by atoms with E-state index in [1.807, 2.05) is 0 Å². The summed E-state index contributed by atoms with van der Waals surface area (Å²) in [6, 6.07) is 0. The van der Waals surface area contributed by atoms with Crippen LogP contribution >= 0.6 is 22.7 Å². The van der Waals surface area contributed by atoms with Gasteiger partial charge in [0.15, 0.2) is 0 Å². The average molecular weight is 187 g/mol. The third-order valence-corrected chi connectivity index (χ3v) is 0.754. The number of halogens is 2. The van der Waals surface area contributed by atoms with Gasteiger partial charge in [-0.25, -0.2) is 0 Å². The van der Waals surface area contributed by atoms with Gasteiger partial charge in [-0.15, -0.1) is 11.6 Å². The molecule has 0 aromatic carbocycles. The fourth-order valence-electron chi connectivity index (χ4n) is 0.134. The Labute approximate surface area is 69.9 Å². The largest absolute Gasteiger partial charge is 0.172 e. The first kappa shape index (κ1) is 12.5. The van der Waals surface area contributed by atoms with E-state index in [-0.39, 0.29) is 0 Å². The van der Waals surface area contributed by atoms with Crippen LogP contribution in [0, 0.1) is 0 Å². The number of alkyl halides is 1. The van der Waals surface area contributed by atoms with Crippen molar-refractivity contribution in [2.75, 3.05) is 5.88 Å². The van der Waals surface area contributed by atoms with Gasteiger partial charge in [-0.2, -0.15) is 11.1 Å². The highest BCUT2D eigenvalue weighted by Gasteiger charge is 1.76. The summed E-state index contributed by atoms with van der Waals surface area (Å²) in [5.41, 5.74) is 0. The Hall–Kier alpha value is 0.797. The Balaban J connectivity index is 0. The lowest BCUT2D eigenvalue weighted by Crippen LogP contribution is -1.78. The predicted octanol–water partition coefficient (Wildman–Crippen LogP) is 3.23. The quantitative estimate of drug-likeness (QED) is 0.353. The molecule has 58 valence electrons. The topological polar surface area (TPSA) is 0 Å². The standard InChI is InChI=1S/C4H9Cl.C2H7ClSi/c1-2-3-4-5;1-4(2)3/h2-4H2,1H3;4H,1-2H3. The van der Waals surface area contributed by atoms with E-state index in [1.54, 1.807) is 0 Å². The van der Waals surface area contributed by atoms with Crippen molar-refractivity contribution in [3.63, 3.8) is 0 Å². The van der Waals surface area contributed by atoms with Crippen LogP contribution in [0.25, 0.3) is 0 Å². The van der Waals surface area contributed by atoms with Crippen molar-refractivity contribution in [2.45, 2.75) is 32.9 Å². The van der Waals surface area contributed by atoms with Crippen molar-refractivity contribution in [3.05, 3.63) is 0 Å². The lowest BCUT2D eigenvalue weighted by Gasteiger charge is -1.77. The minimum atomic E-state index is -0.667. The fraction of sp³-hybridized carbons (Fsp3) is 1.00. The number of hydrogen-bond acceptors (Lipinski definition) is 0. The van der Waals surface area contributed by atoms with Crippen LogP contribution in [0.5, 0.6) is 0 Å². The van der Waals surface area contributed by atoms with Gasteiger partial charge in [-0.3, -0.25) is 0 Å². The first-order valence-corrected chi connectivity index (χ1v) is 7.94. The second kappa shape index (κ2) is 11.6. The number of rotatable bonds is 2. The smallest absolute Gasteiger partial charge is 0.134 e. The number of unbranched alkanes of at least 4 members (excludes halogenated alkanes) is 1. The van der Waals surface area contributed by atoms with Crippen LogP contribution in [0.15, 0.2) is 0 Å². The van der Waals surface area contributed by atoms with Gasteiger partial charge in [0, 0.05) is 5.88 Å². The number of hydrogen-bond donors (Lipinski definition) is 0. The zero-order chi connectivity index (χ0) is 7.70. The van der Waals surface area contributed by atoms with Crippen LogP contribution in [0.2, 0.25) is 13.1 Å². The molecule has 0 atom stereocenters. The lowest BCUT2D eigenvalue weighted by atomic mass is 10.4. The van der Waals surface area contributed by atoms with Crippen molar-refractivity contribution < 1.29 is 0 Å². The summed E-state index contributed by atoms with van der Waals surface area (Å²) >= 11 is 10.7. The monoisotopic (exact) mass is 186 g/mol. The highest BCUT2D eigenvalue weighted by atomic mass is 35.6. The Morgan fingerprint density at radius 2 is 1.67 bits per heavy atom. The molecule has 3 heteroatoms. The summed E-state index contributed by atoms with van der Waals surface area (Å²) < 4.78 is 0. The molecule has 9 heavy (non-hydrogen) atoms. The summed E-state index contributed by atoms with van der Waals surface area (Å²) in [5.74, 6) is 0.816. The minimum absolute atomic E-state index is 0.667. The van der Waals surface area contributed by atoms with Crippen LogP contribution in [0.4, 0.5) is 0 Å². The molecule has 0 N–H and O–H groups in total. The molecule has 0 aliphatic carbocycles. The van der Waals surface area contributed by atoms with E-state index in [0.717, 1.165) is 12.3 Å². The molecule has 0 bridgehead atoms. The van der Waals surface area contributed by atoms with E-state index in [4.69, 9.17) is 22.7 Å². The maximum Gasteiger partial charge on any atom is 0.134 e. The van der Waals surface area contributed by atoms with Crippen LogP contribution in [-0.2, 0) is 0 Å². The summed E-state index contributed by atoms with van der Waals surface area (Å²) in [5, 5.41) is 0. The second-order valence-corrected chi connectivity index (χ2v) is 7.08. The normalized spacial score (nSPS) is 8.67. The van der Waals surface area contributed by atoms with Crippen LogP contribution < -0.4 is 0 Å². The summed E-state index contributed by atoms with van der Waals surface area (Å²) in [6.07, 6.45) is 2.37. The molecule has 0 unspecified atom stereocenters. The van der Waals surface area contributed by atoms with Crippen molar-refractivity contribution in [1.82, 2.24) is 0 Å². The van der Waals surface area contributed by atoms with Gasteiger partial charge in [0.1, 0.15) is 8.11 Å². The third kappa shape index (κ3) is 52.0. The molecule has 0 radical (unpaired) electrons. The fourth-order valence-corrected chi connectivity index (χ4v) is 0.401. The maximum atomic E-state index is 5.41. The summed E-state index contributed by atoms with van der Waals surface area (Å²) in [6.45, 7) is 6.27. The van der Waals surface area contributed by atoms with Gasteiger partial charge >= 0.3 is 0 Å². The molecule has 0 spiro atoms. The second-order valence-electron chi connectivity index (χ2n) is 2.06. The van der Waals surface area contributed by atoms with Gasteiger partial charge in [0.05, 0.1) is 0 Å². The van der Waals surface area contributed by atoms with Crippen LogP contribution in [-0.4, -0.2) is 14.0 Å². The molecule has 0 aliphatic rings. The first-order chi connectivity index (χ1) is 4.15. The summed E-state index contributed by atoms with van der Waals surface area (Å²) in [4.78, 5) is 0. The van der Waals surface area contributed by atoms with Crippen molar-refractivity contribution >= 4 is 30.8 Å². The molecule has 0 fully saturated rings. The van der Waals surface area contributed by atoms with Crippen LogP contribution in [0.3, 0.4) is 0 Å². The molecular weight excluding hydrogens is 171 g/mol. The van der Waals surface area contributed by atoms with E-state index < -0.39 is 8.11 Å². The molecule has 0 amide bonds. The van der Waals surface area contributed by atoms with Gasteiger partial charge < -0.3 is 0 Å². The Kier molecular flexibility index (Phi) is 16.0. The highest BCUT2D eigenvalue weighted by molar-refractivity contribution is 7.05. The molecule has 0 aliphatic heterocycles. The highest BCUT2D eigenvalue weighted by Crippen LogP contribution is 1.86. The van der Waals surface area contributed by atoms with E-state index in [0.29, 0.717) is 0 Å². The Morgan fingerprint density at radius 3 is 1.67 bits per heavy atom. The Bertz CT molecular complexity index is 35.3. The molecule has 0 aromatic heterocycles. The maximum absolute atomic E-state index is 5.41. The van der Waals surface area contributed by atoms with Gasteiger partial charge in [-0.1, -0.05) is 26.4 Å². The minimum Gasteiger partial charge on any atom is -0.172 e. The van der Waals surface area contributed by atoms with E-state index in [9.17, 15) is 0 Å². The molecule has 0 nitrogen and oxygen atoms in total. The molecule has 0 aromatic rings. The van der Waals surface area contributed by atoms with E-state index >= 15 is 0 Å². The van der Waals surface area contributed by atoms with Crippen LogP contribution in [0.1, 0.15) is 19.8 Å². The van der Waals surface area contributed by atoms with Gasteiger partial charge in [0.25, 0.3) is 0 Å². The first-order valence-electron chi connectivity index (χ1n) is 3.35. The zero-order valence-corrected chi connectivity index (χ0v) is 9.12. The summed E-state index contributed by atoms with van der Waals surface area (Å²) in [7, 11) is -0.667.